The van der Waals surface area contributed by atoms with Gasteiger partial charge in [-0.05, 0) is 55.2 Å². The molecule has 3 aromatic rings. The van der Waals surface area contributed by atoms with Crippen molar-refractivity contribution in [1.29, 1.82) is 0 Å². The number of nitrogens with one attached hydrogen (secondary N) is 1. The summed E-state index contributed by atoms with van der Waals surface area (Å²) in [6.45, 7) is 5.88. The number of aryl methyl sites for hydroxylation is 3. The van der Waals surface area contributed by atoms with Gasteiger partial charge in [0.2, 0.25) is 5.91 Å². The van der Waals surface area contributed by atoms with Crippen molar-refractivity contribution in [3.05, 3.63) is 86.7 Å². The lowest BCUT2D eigenvalue weighted by Gasteiger charge is -2.04. The molecule has 0 bridgehead atoms. The van der Waals surface area contributed by atoms with E-state index in [1.165, 1.54) is 23.9 Å². The van der Waals surface area contributed by atoms with E-state index in [0.29, 0.717) is 17.1 Å². The summed E-state index contributed by atoms with van der Waals surface area (Å²) in [7, 11) is 0. The molecule has 148 valence electrons. The van der Waals surface area contributed by atoms with Gasteiger partial charge in [0.05, 0.1) is 17.6 Å². The van der Waals surface area contributed by atoms with Crippen LogP contribution in [-0.2, 0) is 11.2 Å². The standard InChI is InChI=1S/C22H21N3O4/c1-14-4-6-17(10-16(14)3)11-22(26)24-23-13-19-8-9-21(29-19)20-12-18(25(27)28)7-5-15(20)2/h4-10,12-13H,11H2,1-3H3,(H,24,26)/b23-13-. The number of benzene rings is 2. The molecule has 29 heavy (non-hydrogen) atoms. The van der Waals surface area contributed by atoms with Crippen molar-refractivity contribution in [3.8, 4) is 11.3 Å². The summed E-state index contributed by atoms with van der Waals surface area (Å²) in [5.41, 5.74) is 7.21. The molecule has 1 aromatic heterocycles. The van der Waals surface area contributed by atoms with E-state index < -0.39 is 4.92 Å². The molecular formula is C22H21N3O4. The lowest BCUT2D eigenvalue weighted by molar-refractivity contribution is -0.384. The molecule has 0 spiro atoms. The van der Waals surface area contributed by atoms with Gasteiger partial charge in [-0.15, -0.1) is 0 Å². The van der Waals surface area contributed by atoms with Gasteiger partial charge in [-0.25, -0.2) is 5.43 Å². The zero-order chi connectivity index (χ0) is 21.0. The third kappa shape index (κ3) is 4.95. The number of nitro groups is 1. The SMILES string of the molecule is Cc1ccc(CC(=O)N/N=C\c2ccc(-c3cc([N+](=O)[O-])ccc3C)o2)cc1C. The van der Waals surface area contributed by atoms with Crippen molar-refractivity contribution in [2.24, 2.45) is 5.10 Å². The number of amides is 1. The summed E-state index contributed by atoms with van der Waals surface area (Å²) >= 11 is 0. The molecule has 1 N–H and O–H groups in total. The Morgan fingerprint density at radius 2 is 1.83 bits per heavy atom. The zero-order valence-electron chi connectivity index (χ0n) is 16.4. The maximum atomic E-state index is 12.1. The average molecular weight is 391 g/mol. The van der Waals surface area contributed by atoms with Gasteiger partial charge in [-0.1, -0.05) is 24.3 Å². The van der Waals surface area contributed by atoms with Gasteiger partial charge >= 0.3 is 0 Å². The maximum Gasteiger partial charge on any atom is 0.270 e. The van der Waals surface area contributed by atoms with Crippen LogP contribution in [0.4, 0.5) is 5.69 Å². The van der Waals surface area contributed by atoms with Gasteiger partial charge in [0.15, 0.2) is 0 Å². The van der Waals surface area contributed by atoms with Gasteiger partial charge in [-0.2, -0.15) is 5.10 Å². The second kappa shape index (κ2) is 8.52. The lowest BCUT2D eigenvalue weighted by atomic mass is 10.0. The number of hydrogen-bond acceptors (Lipinski definition) is 5. The Balaban J connectivity index is 1.65. The topological polar surface area (TPSA) is 97.7 Å². The smallest absolute Gasteiger partial charge is 0.270 e. The third-order valence-electron chi connectivity index (χ3n) is 4.64. The van der Waals surface area contributed by atoms with Gasteiger partial charge in [0, 0.05) is 17.7 Å². The van der Waals surface area contributed by atoms with Crippen molar-refractivity contribution < 1.29 is 14.1 Å². The van der Waals surface area contributed by atoms with E-state index in [2.05, 4.69) is 10.5 Å². The van der Waals surface area contributed by atoms with Crippen LogP contribution >= 0.6 is 0 Å². The van der Waals surface area contributed by atoms with E-state index in [1.807, 2.05) is 39.0 Å². The number of rotatable bonds is 6. The van der Waals surface area contributed by atoms with Gasteiger partial charge in [0.1, 0.15) is 11.5 Å². The largest absolute Gasteiger partial charge is 0.455 e. The highest BCUT2D eigenvalue weighted by atomic mass is 16.6. The van der Waals surface area contributed by atoms with Crippen LogP contribution < -0.4 is 5.43 Å². The normalized spacial score (nSPS) is 11.0. The van der Waals surface area contributed by atoms with E-state index in [4.69, 9.17) is 4.42 Å². The van der Waals surface area contributed by atoms with Crippen LogP contribution in [0.1, 0.15) is 28.0 Å². The predicted octanol–water partition coefficient (Wildman–Crippen LogP) is 4.47. The molecule has 0 aliphatic carbocycles. The number of carbonyl (C=O) groups excluding carboxylic acids is 1. The molecule has 1 amide bonds. The number of hydrazone groups is 1. The van der Waals surface area contributed by atoms with E-state index in [-0.39, 0.29) is 18.0 Å². The molecule has 0 aliphatic heterocycles. The van der Waals surface area contributed by atoms with Crippen LogP contribution in [0.5, 0.6) is 0 Å². The van der Waals surface area contributed by atoms with E-state index in [1.54, 1.807) is 18.2 Å². The summed E-state index contributed by atoms with van der Waals surface area (Å²) in [6.07, 6.45) is 1.63. The summed E-state index contributed by atoms with van der Waals surface area (Å²) < 4.78 is 5.69. The minimum absolute atomic E-state index is 0.00387. The van der Waals surface area contributed by atoms with Gasteiger partial charge < -0.3 is 4.42 Å². The minimum Gasteiger partial charge on any atom is -0.455 e. The van der Waals surface area contributed by atoms with E-state index >= 15 is 0 Å². The maximum absolute atomic E-state index is 12.1. The van der Waals surface area contributed by atoms with E-state index in [0.717, 1.165) is 16.7 Å². The van der Waals surface area contributed by atoms with Crippen molar-refractivity contribution in [3.63, 3.8) is 0 Å². The molecule has 0 atom stereocenters. The third-order valence-corrected chi connectivity index (χ3v) is 4.64. The second-order valence-electron chi connectivity index (χ2n) is 6.85. The average Bonchev–Trinajstić information content (AvgIpc) is 3.13. The number of non-ortho nitro benzene ring substituents is 1. The summed E-state index contributed by atoms with van der Waals surface area (Å²) in [4.78, 5) is 22.6. The first kappa shape index (κ1) is 20.0. The van der Waals surface area contributed by atoms with Crippen molar-refractivity contribution in [2.45, 2.75) is 27.2 Å². The monoisotopic (exact) mass is 391 g/mol. The Morgan fingerprint density at radius 1 is 1.07 bits per heavy atom. The molecule has 0 fully saturated rings. The number of nitrogens with zero attached hydrogens (tertiary/aromatic N) is 2. The number of nitro benzene ring substituents is 1. The molecule has 0 radical (unpaired) electrons. The fourth-order valence-electron chi connectivity index (χ4n) is 2.86. The summed E-state index contributed by atoms with van der Waals surface area (Å²) in [5, 5.41) is 14.9. The molecule has 1 heterocycles. The zero-order valence-corrected chi connectivity index (χ0v) is 16.4. The molecule has 3 rings (SSSR count). The van der Waals surface area contributed by atoms with Crippen LogP contribution in [0.25, 0.3) is 11.3 Å². The predicted molar refractivity (Wildman–Crippen MR) is 111 cm³/mol. The minimum atomic E-state index is -0.445. The van der Waals surface area contributed by atoms with E-state index in [9.17, 15) is 14.9 Å². The molecule has 0 saturated carbocycles. The highest BCUT2D eigenvalue weighted by Crippen LogP contribution is 2.28. The summed E-state index contributed by atoms with van der Waals surface area (Å²) in [5.74, 6) is 0.692. The fraction of sp³-hybridized carbons (Fsp3) is 0.182. The Bertz CT molecular complexity index is 1100. The molecule has 0 unspecified atom stereocenters. The number of carbonyl (C=O) groups is 1. The van der Waals surface area contributed by atoms with Crippen molar-refractivity contribution >= 4 is 17.8 Å². The molecule has 2 aromatic carbocycles. The Morgan fingerprint density at radius 3 is 2.55 bits per heavy atom. The fourth-order valence-corrected chi connectivity index (χ4v) is 2.86. The van der Waals surface area contributed by atoms with Crippen LogP contribution in [0.15, 0.2) is 58.0 Å². The van der Waals surface area contributed by atoms with Gasteiger partial charge in [-0.3, -0.25) is 14.9 Å². The molecule has 7 nitrogen and oxygen atoms in total. The quantitative estimate of drug-likeness (QED) is 0.381. The van der Waals surface area contributed by atoms with Crippen molar-refractivity contribution in [1.82, 2.24) is 5.43 Å². The number of furan rings is 1. The molecular weight excluding hydrogens is 370 g/mol. The number of hydrogen-bond donors (Lipinski definition) is 1. The highest BCUT2D eigenvalue weighted by molar-refractivity contribution is 5.82. The Hall–Kier alpha value is -3.74. The highest BCUT2D eigenvalue weighted by Gasteiger charge is 2.13. The van der Waals surface area contributed by atoms with Crippen LogP contribution in [0.2, 0.25) is 0 Å². The Labute approximate surface area is 168 Å². The Kier molecular flexibility index (Phi) is 5.87. The van der Waals surface area contributed by atoms with Gasteiger partial charge in [0.25, 0.3) is 5.69 Å². The van der Waals surface area contributed by atoms with Crippen LogP contribution in [0, 0.1) is 30.9 Å². The van der Waals surface area contributed by atoms with Crippen molar-refractivity contribution in [2.75, 3.05) is 0 Å². The van der Waals surface area contributed by atoms with Crippen LogP contribution in [0.3, 0.4) is 0 Å². The van der Waals surface area contributed by atoms with Crippen LogP contribution in [-0.4, -0.2) is 17.0 Å². The lowest BCUT2D eigenvalue weighted by Crippen LogP contribution is -2.19. The molecule has 0 saturated heterocycles. The second-order valence-corrected chi connectivity index (χ2v) is 6.85. The first-order valence-electron chi connectivity index (χ1n) is 9.07. The summed E-state index contributed by atoms with van der Waals surface area (Å²) in [6, 6.07) is 13.9. The molecule has 0 aliphatic rings. The molecule has 7 heteroatoms. The first-order chi connectivity index (χ1) is 13.8. The first-order valence-corrected chi connectivity index (χ1v) is 9.07.